The van der Waals surface area contributed by atoms with Gasteiger partial charge in [-0.2, -0.15) is 0 Å². The van der Waals surface area contributed by atoms with Crippen LogP contribution in [0.2, 0.25) is 0 Å². The van der Waals surface area contributed by atoms with Crippen LogP contribution >= 0.6 is 15.9 Å². The molecule has 19 heavy (non-hydrogen) atoms. The van der Waals surface area contributed by atoms with Gasteiger partial charge in [0.2, 0.25) is 0 Å². The van der Waals surface area contributed by atoms with Crippen LogP contribution in [0.4, 0.5) is 4.39 Å². The van der Waals surface area contributed by atoms with Crippen molar-refractivity contribution in [2.24, 2.45) is 0 Å². The number of halogens is 2. The number of carboxylic acid groups (broad SMARTS) is 1. The summed E-state index contributed by atoms with van der Waals surface area (Å²) in [5.41, 5.74) is 0.474. The largest absolute Gasteiger partial charge is 0.481 e. The zero-order valence-electron chi connectivity index (χ0n) is 9.92. The zero-order chi connectivity index (χ0) is 14.0. The number of carboxylic acids is 1. The summed E-state index contributed by atoms with van der Waals surface area (Å²) in [6.45, 7) is 1.68. The van der Waals surface area contributed by atoms with Gasteiger partial charge in [-0.15, -0.1) is 5.10 Å². The summed E-state index contributed by atoms with van der Waals surface area (Å²) in [5.74, 6) is -1.06. The molecule has 0 radical (unpaired) electrons. The summed E-state index contributed by atoms with van der Waals surface area (Å²) in [4.78, 5) is 10.7. The molecule has 8 heteroatoms. The summed E-state index contributed by atoms with van der Waals surface area (Å²) in [6, 6.07) is 4.07. The molecule has 1 aromatic heterocycles. The van der Waals surface area contributed by atoms with Gasteiger partial charge in [-0.3, -0.25) is 4.79 Å². The second-order valence-electron chi connectivity index (χ2n) is 4.00. The van der Waals surface area contributed by atoms with Crippen molar-refractivity contribution in [3.63, 3.8) is 0 Å². The first kappa shape index (κ1) is 13.6. The molecule has 0 aliphatic carbocycles. The van der Waals surface area contributed by atoms with Crippen molar-refractivity contribution < 1.29 is 14.3 Å². The molecule has 0 amide bonds. The molecule has 1 N–H and O–H groups in total. The molecule has 2 aromatic rings. The van der Waals surface area contributed by atoms with Crippen LogP contribution in [0, 0.1) is 5.82 Å². The van der Waals surface area contributed by atoms with Crippen LogP contribution in [0.15, 0.2) is 22.7 Å². The molecule has 1 atom stereocenters. The normalized spacial score (nSPS) is 12.4. The number of aromatic nitrogens is 4. The second kappa shape index (κ2) is 5.43. The maximum atomic E-state index is 13.5. The van der Waals surface area contributed by atoms with Gasteiger partial charge in [0.1, 0.15) is 5.82 Å². The van der Waals surface area contributed by atoms with Gasteiger partial charge in [-0.05, 0) is 45.4 Å². The van der Waals surface area contributed by atoms with Crippen molar-refractivity contribution in [1.82, 2.24) is 20.2 Å². The molecule has 0 spiro atoms. The lowest BCUT2D eigenvalue weighted by molar-refractivity contribution is -0.137. The van der Waals surface area contributed by atoms with Crippen LogP contribution in [0.3, 0.4) is 0 Å². The van der Waals surface area contributed by atoms with E-state index >= 15 is 0 Å². The zero-order valence-corrected chi connectivity index (χ0v) is 11.5. The Kier molecular flexibility index (Phi) is 3.89. The number of benzene rings is 1. The second-order valence-corrected chi connectivity index (χ2v) is 4.79. The van der Waals surface area contributed by atoms with Crippen LogP contribution < -0.4 is 0 Å². The Morgan fingerprint density at radius 2 is 2.32 bits per heavy atom. The van der Waals surface area contributed by atoms with Gasteiger partial charge in [0.05, 0.1) is 16.9 Å². The number of tetrazole rings is 1. The van der Waals surface area contributed by atoms with Crippen LogP contribution in [0.1, 0.15) is 19.4 Å². The van der Waals surface area contributed by atoms with Crippen molar-refractivity contribution in [2.75, 3.05) is 0 Å². The Balaban J connectivity index is 2.44. The Morgan fingerprint density at radius 1 is 1.58 bits per heavy atom. The van der Waals surface area contributed by atoms with E-state index < -0.39 is 17.8 Å². The quantitative estimate of drug-likeness (QED) is 0.931. The maximum Gasteiger partial charge on any atom is 0.305 e. The standard InChI is InChI=1S/C11H10BrFN4O2/c1-6(5-9(18)19)17-11(14-15-16-17)7-3-2-4-8(13)10(7)12/h2-4,6H,5H2,1H3,(H,18,19). The SMILES string of the molecule is CC(CC(=O)O)n1nnnc1-c1cccc(F)c1Br. The van der Waals surface area contributed by atoms with Gasteiger partial charge >= 0.3 is 5.97 Å². The third-order valence-electron chi connectivity index (χ3n) is 2.57. The minimum atomic E-state index is -0.952. The fourth-order valence-electron chi connectivity index (χ4n) is 1.68. The van der Waals surface area contributed by atoms with Crippen molar-refractivity contribution in [1.29, 1.82) is 0 Å². The summed E-state index contributed by atoms with van der Waals surface area (Å²) in [5, 5.41) is 19.9. The molecule has 0 aliphatic heterocycles. The molecule has 0 aliphatic rings. The summed E-state index contributed by atoms with van der Waals surface area (Å²) in [6.07, 6.45) is -0.120. The van der Waals surface area contributed by atoms with Gasteiger partial charge in [-0.1, -0.05) is 6.07 Å². The predicted molar refractivity (Wildman–Crippen MR) is 67.9 cm³/mol. The molecule has 0 bridgehead atoms. The fraction of sp³-hybridized carbons (Fsp3) is 0.273. The van der Waals surface area contributed by atoms with Gasteiger partial charge in [0.25, 0.3) is 0 Å². The molecular weight excluding hydrogens is 319 g/mol. The van der Waals surface area contributed by atoms with Crippen LogP contribution in [0.25, 0.3) is 11.4 Å². The van der Waals surface area contributed by atoms with E-state index in [1.54, 1.807) is 13.0 Å². The lowest BCUT2D eigenvalue weighted by Crippen LogP contribution is -2.13. The Labute approximate surface area is 116 Å². The molecular formula is C11H10BrFN4O2. The van der Waals surface area contributed by atoms with E-state index in [0.717, 1.165) is 0 Å². The highest BCUT2D eigenvalue weighted by Gasteiger charge is 2.19. The predicted octanol–water partition coefficient (Wildman–Crippen LogP) is 2.28. The third-order valence-corrected chi connectivity index (χ3v) is 3.38. The number of hydrogen-bond donors (Lipinski definition) is 1. The van der Waals surface area contributed by atoms with E-state index in [4.69, 9.17) is 5.11 Å². The van der Waals surface area contributed by atoms with Crippen LogP contribution in [-0.2, 0) is 4.79 Å². The average Bonchev–Trinajstić information content (AvgIpc) is 2.80. The number of rotatable bonds is 4. The average molecular weight is 329 g/mol. The highest BCUT2D eigenvalue weighted by Crippen LogP contribution is 2.30. The van der Waals surface area contributed by atoms with Crippen molar-refractivity contribution in [2.45, 2.75) is 19.4 Å². The monoisotopic (exact) mass is 328 g/mol. The van der Waals surface area contributed by atoms with Gasteiger partial charge in [-0.25, -0.2) is 9.07 Å². The number of nitrogens with zero attached hydrogens (tertiary/aromatic N) is 4. The van der Waals surface area contributed by atoms with Gasteiger partial charge in [0.15, 0.2) is 5.82 Å². The first-order valence-corrected chi connectivity index (χ1v) is 6.24. The Bertz CT molecular complexity index is 616. The number of carbonyl (C=O) groups is 1. The molecule has 6 nitrogen and oxygen atoms in total. The maximum absolute atomic E-state index is 13.5. The fourth-order valence-corrected chi connectivity index (χ4v) is 2.13. The molecule has 0 saturated heterocycles. The molecule has 1 unspecified atom stereocenters. The van der Waals surface area contributed by atoms with Crippen molar-refractivity contribution in [3.05, 3.63) is 28.5 Å². The smallest absolute Gasteiger partial charge is 0.305 e. The van der Waals surface area contributed by atoms with E-state index in [1.165, 1.54) is 16.8 Å². The topological polar surface area (TPSA) is 80.9 Å². The van der Waals surface area contributed by atoms with Gasteiger partial charge < -0.3 is 5.11 Å². The minimum absolute atomic E-state index is 0.120. The van der Waals surface area contributed by atoms with Gasteiger partial charge in [0, 0.05) is 5.56 Å². The molecule has 0 fully saturated rings. The van der Waals surface area contributed by atoms with E-state index in [1.807, 2.05) is 0 Å². The third kappa shape index (κ3) is 2.78. The Hall–Kier alpha value is -1.83. The first-order chi connectivity index (χ1) is 9.00. The number of aliphatic carboxylic acids is 1. The minimum Gasteiger partial charge on any atom is -0.481 e. The summed E-state index contributed by atoms with van der Waals surface area (Å²) < 4.78 is 15.1. The molecule has 1 aromatic carbocycles. The highest BCUT2D eigenvalue weighted by atomic mass is 79.9. The van der Waals surface area contributed by atoms with Crippen LogP contribution in [-0.4, -0.2) is 31.3 Å². The van der Waals surface area contributed by atoms with E-state index in [9.17, 15) is 9.18 Å². The number of hydrogen-bond acceptors (Lipinski definition) is 4. The van der Waals surface area contributed by atoms with Crippen LogP contribution in [0.5, 0.6) is 0 Å². The Morgan fingerprint density at radius 3 is 3.00 bits per heavy atom. The van der Waals surface area contributed by atoms with Crippen molar-refractivity contribution in [3.8, 4) is 11.4 Å². The van der Waals surface area contributed by atoms with E-state index in [2.05, 4.69) is 31.5 Å². The van der Waals surface area contributed by atoms with E-state index in [0.29, 0.717) is 11.4 Å². The molecule has 100 valence electrons. The lowest BCUT2D eigenvalue weighted by Gasteiger charge is -2.11. The molecule has 0 saturated carbocycles. The molecule has 2 rings (SSSR count). The highest BCUT2D eigenvalue weighted by molar-refractivity contribution is 9.10. The van der Waals surface area contributed by atoms with Crippen molar-refractivity contribution >= 4 is 21.9 Å². The van der Waals surface area contributed by atoms with E-state index in [-0.39, 0.29) is 10.9 Å². The summed E-state index contributed by atoms with van der Waals surface area (Å²) >= 11 is 3.14. The first-order valence-electron chi connectivity index (χ1n) is 5.44. The lowest BCUT2D eigenvalue weighted by atomic mass is 10.2. The molecule has 1 heterocycles. The summed E-state index contributed by atoms with van der Waals surface area (Å²) in [7, 11) is 0.